The van der Waals surface area contributed by atoms with E-state index in [1.54, 1.807) is 0 Å². The zero-order chi connectivity index (χ0) is 14.7. The number of nitrogens with one attached hydrogen (secondary N) is 1. The number of aromatic nitrogens is 2. The maximum Gasteiger partial charge on any atom is 0.0702 e. The molecule has 1 N–H and O–H groups in total. The summed E-state index contributed by atoms with van der Waals surface area (Å²) in [6, 6.07) is 12.7. The summed E-state index contributed by atoms with van der Waals surface area (Å²) in [5.74, 6) is 0. The maximum atomic E-state index is 4.58. The summed E-state index contributed by atoms with van der Waals surface area (Å²) in [6.45, 7) is 5.12. The van der Waals surface area contributed by atoms with Crippen LogP contribution in [0.5, 0.6) is 0 Å². The molecular formula is C18H19N3. The van der Waals surface area contributed by atoms with Crippen LogP contribution >= 0.6 is 0 Å². The standard InChI is InChI=1S/C18H19N3/c1-3-20-18(16-8-9-19-11-13(16)2)15-10-14-6-4-5-7-17(14)21-12-15/h4-12,18,20H,3H2,1-2H3. The van der Waals surface area contributed by atoms with Crippen LogP contribution in [0.25, 0.3) is 10.9 Å². The van der Waals surface area contributed by atoms with E-state index >= 15 is 0 Å². The Bertz CT molecular complexity index is 752. The summed E-state index contributed by atoms with van der Waals surface area (Å²) in [6.07, 6.45) is 5.73. The molecule has 21 heavy (non-hydrogen) atoms. The van der Waals surface area contributed by atoms with Gasteiger partial charge < -0.3 is 5.32 Å². The van der Waals surface area contributed by atoms with E-state index in [0.29, 0.717) is 0 Å². The average molecular weight is 277 g/mol. The smallest absolute Gasteiger partial charge is 0.0702 e. The quantitative estimate of drug-likeness (QED) is 0.791. The number of hydrogen-bond donors (Lipinski definition) is 1. The first kappa shape index (κ1) is 13.7. The Morgan fingerprint density at radius 1 is 1.14 bits per heavy atom. The highest BCUT2D eigenvalue weighted by Gasteiger charge is 2.15. The third-order valence-electron chi connectivity index (χ3n) is 3.73. The van der Waals surface area contributed by atoms with Crippen LogP contribution in [0.4, 0.5) is 0 Å². The first-order chi connectivity index (χ1) is 10.3. The van der Waals surface area contributed by atoms with Gasteiger partial charge in [-0.25, -0.2) is 0 Å². The molecule has 0 amide bonds. The van der Waals surface area contributed by atoms with Crippen molar-refractivity contribution in [2.45, 2.75) is 19.9 Å². The summed E-state index contributed by atoms with van der Waals surface area (Å²) in [4.78, 5) is 8.77. The van der Waals surface area contributed by atoms with Crippen LogP contribution in [0.3, 0.4) is 0 Å². The third-order valence-corrected chi connectivity index (χ3v) is 3.73. The van der Waals surface area contributed by atoms with Crippen LogP contribution in [0.2, 0.25) is 0 Å². The maximum absolute atomic E-state index is 4.58. The molecule has 0 saturated heterocycles. The molecule has 0 bridgehead atoms. The van der Waals surface area contributed by atoms with E-state index in [0.717, 1.165) is 12.1 Å². The van der Waals surface area contributed by atoms with E-state index in [2.05, 4.69) is 47.3 Å². The first-order valence-electron chi connectivity index (χ1n) is 7.28. The van der Waals surface area contributed by atoms with E-state index in [4.69, 9.17) is 0 Å². The number of nitrogens with zero attached hydrogens (tertiary/aromatic N) is 2. The van der Waals surface area contributed by atoms with E-state index in [1.165, 1.54) is 22.1 Å². The molecule has 0 spiro atoms. The van der Waals surface area contributed by atoms with Crippen molar-refractivity contribution in [3.63, 3.8) is 0 Å². The number of benzene rings is 1. The number of pyridine rings is 2. The minimum absolute atomic E-state index is 0.148. The fourth-order valence-corrected chi connectivity index (χ4v) is 2.67. The van der Waals surface area contributed by atoms with Gasteiger partial charge in [0.2, 0.25) is 0 Å². The summed E-state index contributed by atoms with van der Waals surface area (Å²) >= 11 is 0. The lowest BCUT2D eigenvalue weighted by atomic mass is 9.96. The van der Waals surface area contributed by atoms with Gasteiger partial charge in [0.25, 0.3) is 0 Å². The van der Waals surface area contributed by atoms with Crippen molar-refractivity contribution in [1.82, 2.24) is 15.3 Å². The zero-order valence-corrected chi connectivity index (χ0v) is 12.4. The lowest BCUT2D eigenvalue weighted by Gasteiger charge is -2.20. The molecule has 0 fully saturated rings. The molecule has 3 heteroatoms. The highest BCUT2D eigenvalue weighted by atomic mass is 14.9. The van der Waals surface area contributed by atoms with Gasteiger partial charge in [-0.1, -0.05) is 25.1 Å². The Labute approximate surface area is 125 Å². The fraction of sp³-hybridized carbons (Fsp3) is 0.222. The van der Waals surface area contributed by atoms with Crippen molar-refractivity contribution in [2.75, 3.05) is 6.54 Å². The van der Waals surface area contributed by atoms with Gasteiger partial charge in [0, 0.05) is 24.0 Å². The molecule has 0 saturated carbocycles. The van der Waals surface area contributed by atoms with E-state index in [1.807, 2.05) is 36.8 Å². The van der Waals surface area contributed by atoms with Gasteiger partial charge in [0.1, 0.15) is 0 Å². The minimum Gasteiger partial charge on any atom is -0.306 e. The molecule has 0 aliphatic rings. The molecule has 0 radical (unpaired) electrons. The first-order valence-corrected chi connectivity index (χ1v) is 7.28. The molecule has 1 atom stereocenters. The van der Waals surface area contributed by atoms with Gasteiger partial charge in [0.15, 0.2) is 0 Å². The van der Waals surface area contributed by atoms with E-state index < -0.39 is 0 Å². The largest absolute Gasteiger partial charge is 0.306 e. The van der Waals surface area contributed by atoms with E-state index in [9.17, 15) is 0 Å². The Morgan fingerprint density at radius 2 is 2.00 bits per heavy atom. The predicted molar refractivity (Wildman–Crippen MR) is 86.2 cm³/mol. The van der Waals surface area contributed by atoms with Crippen molar-refractivity contribution < 1.29 is 0 Å². The van der Waals surface area contributed by atoms with Crippen molar-refractivity contribution in [2.24, 2.45) is 0 Å². The Kier molecular flexibility index (Phi) is 3.93. The van der Waals surface area contributed by atoms with Crippen molar-refractivity contribution in [3.8, 4) is 0 Å². The molecule has 1 unspecified atom stereocenters. The second-order valence-corrected chi connectivity index (χ2v) is 5.18. The average Bonchev–Trinajstić information content (AvgIpc) is 2.53. The van der Waals surface area contributed by atoms with Gasteiger partial charge >= 0.3 is 0 Å². The number of para-hydroxylation sites is 1. The van der Waals surface area contributed by atoms with E-state index in [-0.39, 0.29) is 6.04 Å². The Hall–Kier alpha value is -2.26. The van der Waals surface area contributed by atoms with Gasteiger partial charge in [-0.2, -0.15) is 0 Å². The second-order valence-electron chi connectivity index (χ2n) is 5.18. The van der Waals surface area contributed by atoms with Gasteiger partial charge in [-0.3, -0.25) is 9.97 Å². The van der Waals surface area contributed by atoms with Gasteiger partial charge in [-0.05, 0) is 48.4 Å². The second kappa shape index (κ2) is 6.02. The fourth-order valence-electron chi connectivity index (χ4n) is 2.67. The molecule has 0 aliphatic carbocycles. The van der Waals surface area contributed by atoms with Crippen molar-refractivity contribution >= 4 is 10.9 Å². The highest BCUT2D eigenvalue weighted by Crippen LogP contribution is 2.26. The predicted octanol–water partition coefficient (Wildman–Crippen LogP) is 3.64. The molecule has 106 valence electrons. The number of aryl methyl sites for hydroxylation is 1. The summed E-state index contributed by atoms with van der Waals surface area (Å²) < 4.78 is 0. The van der Waals surface area contributed by atoms with Crippen LogP contribution in [-0.4, -0.2) is 16.5 Å². The topological polar surface area (TPSA) is 37.8 Å². The molecule has 3 rings (SSSR count). The van der Waals surface area contributed by atoms with Crippen LogP contribution in [0.15, 0.2) is 55.0 Å². The molecule has 3 aromatic rings. The van der Waals surface area contributed by atoms with Crippen LogP contribution in [-0.2, 0) is 0 Å². The Balaban J connectivity index is 2.09. The monoisotopic (exact) mass is 277 g/mol. The molecular weight excluding hydrogens is 258 g/mol. The van der Waals surface area contributed by atoms with Crippen LogP contribution in [0.1, 0.15) is 29.7 Å². The van der Waals surface area contributed by atoms with Gasteiger partial charge in [-0.15, -0.1) is 0 Å². The molecule has 2 heterocycles. The number of hydrogen-bond acceptors (Lipinski definition) is 3. The lowest BCUT2D eigenvalue weighted by molar-refractivity contribution is 0.626. The third kappa shape index (κ3) is 2.78. The lowest BCUT2D eigenvalue weighted by Crippen LogP contribution is -2.23. The zero-order valence-electron chi connectivity index (χ0n) is 12.4. The van der Waals surface area contributed by atoms with Crippen LogP contribution in [0, 0.1) is 6.92 Å². The summed E-state index contributed by atoms with van der Waals surface area (Å²) in [7, 11) is 0. The summed E-state index contributed by atoms with van der Waals surface area (Å²) in [5.41, 5.74) is 4.66. The molecule has 0 aliphatic heterocycles. The Morgan fingerprint density at radius 3 is 2.81 bits per heavy atom. The van der Waals surface area contributed by atoms with Gasteiger partial charge in [0.05, 0.1) is 11.6 Å². The van der Waals surface area contributed by atoms with Crippen LogP contribution < -0.4 is 5.32 Å². The highest BCUT2D eigenvalue weighted by molar-refractivity contribution is 5.79. The molecule has 3 nitrogen and oxygen atoms in total. The van der Waals surface area contributed by atoms with Crippen molar-refractivity contribution in [3.05, 3.63) is 71.7 Å². The molecule has 1 aromatic carbocycles. The SMILES string of the molecule is CCNC(c1cnc2ccccc2c1)c1ccncc1C. The normalized spacial score (nSPS) is 12.5. The summed E-state index contributed by atoms with van der Waals surface area (Å²) in [5, 5.41) is 4.72. The number of fused-ring (bicyclic) bond motifs is 1. The molecule has 2 aromatic heterocycles. The minimum atomic E-state index is 0.148. The van der Waals surface area contributed by atoms with Crippen molar-refractivity contribution in [1.29, 1.82) is 0 Å². The number of rotatable bonds is 4.